The van der Waals surface area contributed by atoms with Crippen molar-refractivity contribution in [3.8, 4) is 5.69 Å². The van der Waals surface area contributed by atoms with Gasteiger partial charge in [-0.1, -0.05) is 61.5 Å². The van der Waals surface area contributed by atoms with Crippen LogP contribution < -0.4 is 10.9 Å². The predicted molar refractivity (Wildman–Crippen MR) is 143 cm³/mol. The van der Waals surface area contributed by atoms with Crippen LogP contribution in [0.3, 0.4) is 0 Å². The van der Waals surface area contributed by atoms with Gasteiger partial charge in [-0.2, -0.15) is 0 Å². The van der Waals surface area contributed by atoms with Gasteiger partial charge in [0.15, 0.2) is 0 Å². The Hall–Kier alpha value is -4.28. The SMILES string of the molecule is CC1c2oc3cc4c5ccccc5n(-c5ccccc5)c4cc3c2C=C2C1c1ccccc1N2N. The molecule has 4 heteroatoms. The van der Waals surface area contributed by atoms with Gasteiger partial charge in [0.1, 0.15) is 11.3 Å². The Morgan fingerprint density at radius 2 is 1.54 bits per heavy atom. The molecule has 0 saturated heterocycles. The number of anilines is 1. The Balaban J connectivity index is 1.44. The van der Waals surface area contributed by atoms with Crippen LogP contribution in [0.4, 0.5) is 5.69 Å². The minimum absolute atomic E-state index is 0.194. The Kier molecular flexibility index (Phi) is 3.62. The third-order valence-electron chi connectivity index (χ3n) is 7.90. The van der Waals surface area contributed by atoms with Crippen molar-refractivity contribution in [1.29, 1.82) is 0 Å². The van der Waals surface area contributed by atoms with Crippen molar-refractivity contribution in [1.82, 2.24) is 4.57 Å². The maximum atomic E-state index is 6.62. The summed E-state index contributed by atoms with van der Waals surface area (Å²) in [5, 5.41) is 5.43. The first-order valence-electron chi connectivity index (χ1n) is 12.1. The highest BCUT2D eigenvalue weighted by Crippen LogP contribution is 2.54. The molecule has 1 aliphatic heterocycles. The molecular formula is C31H23N3O. The third kappa shape index (κ3) is 2.39. The summed E-state index contributed by atoms with van der Waals surface area (Å²) in [7, 11) is 0. The van der Waals surface area contributed by atoms with Crippen LogP contribution in [-0.2, 0) is 0 Å². The summed E-state index contributed by atoms with van der Waals surface area (Å²) in [5.41, 5.74) is 9.09. The second-order valence-electron chi connectivity index (χ2n) is 9.70. The Bertz CT molecular complexity index is 1840. The quantitative estimate of drug-likeness (QED) is 0.263. The fraction of sp³-hybridized carbons (Fsp3) is 0.0968. The first kappa shape index (κ1) is 19.1. The van der Waals surface area contributed by atoms with Gasteiger partial charge in [0.05, 0.1) is 16.7 Å². The van der Waals surface area contributed by atoms with Gasteiger partial charge in [-0.25, -0.2) is 5.84 Å². The van der Waals surface area contributed by atoms with Gasteiger partial charge >= 0.3 is 0 Å². The van der Waals surface area contributed by atoms with Crippen LogP contribution in [0.25, 0.3) is 44.5 Å². The van der Waals surface area contributed by atoms with Crippen LogP contribution in [0.5, 0.6) is 0 Å². The van der Waals surface area contributed by atoms with Crippen molar-refractivity contribution in [3.63, 3.8) is 0 Å². The maximum absolute atomic E-state index is 6.62. The minimum atomic E-state index is 0.194. The van der Waals surface area contributed by atoms with Crippen molar-refractivity contribution in [2.24, 2.45) is 5.84 Å². The highest BCUT2D eigenvalue weighted by Gasteiger charge is 2.41. The van der Waals surface area contributed by atoms with Crippen LogP contribution in [0, 0.1) is 0 Å². The van der Waals surface area contributed by atoms with Crippen molar-refractivity contribution in [2.45, 2.75) is 18.8 Å². The average Bonchev–Trinajstić information content (AvgIpc) is 3.52. The summed E-state index contributed by atoms with van der Waals surface area (Å²) in [6, 6.07) is 32.1. The number of nitrogens with zero attached hydrogens (tertiary/aromatic N) is 2. The molecule has 0 bridgehead atoms. The lowest BCUT2D eigenvalue weighted by Crippen LogP contribution is -2.29. The molecule has 35 heavy (non-hydrogen) atoms. The molecule has 168 valence electrons. The second-order valence-corrected chi connectivity index (χ2v) is 9.70. The second kappa shape index (κ2) is 6.65. The maximum Gasteiger partial charge on any atom is 0.135 e. The minimum Gasteiger partial charge on any atom is -0.460 e. The molecule has 4 nitrogen and oxygen atoms in total. The molecule has 0 saturated carbocycles. The van der Waals surface area contributed by atoms with E-state index in [2.05, 4.69) is 102 Å². The number of hydrogen-bond donors (Lipinski definition) is 1. The molecular weight excluding hydrogens is 430 g/mol. The summed E-state index contributed by atoms with van der Waals surface area (Å²) in [6.45, 7) is 2.26. The van der Waals surface area contributed by atoms with Crippen molar-refractivity contribution >= 4 is 44.5 Å². The van der Waals surface area contributed by atoms with Crippen molar-refractivity contribution in [3.05, 3.63) is 114 Å². The van der Waals surface area contributed by atoms with E-state index in [0.717, 1.165) is 39.4 Å². The van der Waals surface area contributed by atoms with E-state index in [-0.39, 0.29) is 11.8 Å². The highest BCUT2D eigenvalue weighted by atomic mass is 16.3. The number of hydrazine groups is 1. The normalized spacial score (nSPS) is 18.7. The van der Waals surface area contributed by atoms with Gasteiger partial charge in [0, 0.05) is 44.9 Å². The fourth-order valence-electron chi connectivity index (χ4n) is 6.34. The van der Waals surface area contributed by atoms with Crippen LogP contribution >= 0.6 is 0 Å². The first-order valence-corrected chi connectivity index (χ1v) is 12.1. The van der Waals surface area contributed by atoms with Crippen LogP contribution in [0.2, 0.25) is 0 Å². The number of rotatable bonds is 1. The summed E-state index contributed by atoms with van der Waals surface area (Å²) in [4.78, 5) is 0. The summed E-state index contributed by atoms with van der Waals surface area (Å²) >= 11 is 0. The smallest absolute Gasteiger partial charge is 0.135 e. The Morgan fingerprint density at radius 3 is 2.43 bits per heavy atom. The zero-order valence-electron chi connectivity index (χ0n) is 19.3. The number of hydrogen-bond acceptors (Lipinski definition) is 3. The van der Waals surface area contributed by atoms with Gasteiger partial charge in [0.2, 0.25) is 0 Å². The van der Waals surface area contributed by atoms with Crippen molar-refractivity contribution < 1.29 is 4.42 Å². The molecule has 2 unspecified atom stereocenters. The summed E-state index contributed by atoms with van der Waals surface area (Å²) in [5.74, 6) is 8.05. The molecule has 0 radical (unpaired) electrons. The zero-order chi connectivity index (χ0) is 23.3. The molecule has 1 aliphatic carbocycles. The number of para-hydroxylation sites is 3. The van der Waals surface area contributed by atoms with E-state index in [1.165, 1.54) is 27.4 Å². The highest BCUT2D eigenvalue weighted by molar-refractivity contribution is 6.14. The van der Waals surface area contributed by atoms with Gasteiger partial charge in [0.25, 0.3) is 0 Å². The predicted octanol–water partition coefficient (Wildman–Crippen LogP) is 7.47. The van der Waals surface area contributed by atoms with E-state index >= 15 is 0 Å². The lowest BCUT2D eigenvalue weighted by Gasteiger charge is -2.26. The topological polar surface area (TPSA) is 47.3 Å². The van der Waals surface area contributed by atoms with E-state index in [9.17, 15) is 0 Å². The molecule has 2 atom stereocenters. The first-order chi connectivity index (χ1) is 17.2. The van der Waals surface area contributed by atoms with E-state index in [1.54, 1.807) is 0 Å². The third-order valence-corrected chi connectivity index (χ3v) is 7.90. The molecule has 2 N–H and O–H groups in total. The Labute approximate surface area is 202 Å². The fourth-order valence-corrected chi connectivity index (χ4v) is 6.34. The van der Waals surface area contributed by atoms with E-state index in [0.29, 0.717) is 0 Å². The van der Waals surface area contributed by atoms with Gasteiger partial charge in [-0.05, 0) is 48.0 Å². The largest absolute Gasteiger partial charge is 0.460 e. The van der Waals surface area contributed by atoms with E-state index in [4.69, 9.17) is 10.3 Å². The molecule has 8 rings (SSSR count). The summed E-state index contributed by atoms with van der Waals surface area (Å²) in [6.07, 6.45) is 2.24. The number of furan rings is 1. The zero-order valence-corrected chi connectivity index (χ0v) is 19.3. The molecule has 6 aromatic rings. The molecule has 2 aliphatic rings. The average molecular weight is 454 g/mol. The lowest BCUT2D eigenvalue weighted by atomic mass is 9.79. The van der Waals surface area contributed by atoms with Gasteiger partial charge in [-0.3, -0.25) is 5.01 Å². The molecule has 4 aromatic carbocycles. The molecule has 0 amide bonds. The molecule has 0 fully saturated rings. The lowest BCUT2D eigenvalue weighted by molar-refractivity contribution is 0.475. The number of nitrogens with two attached hydrogens (primary N) is 1. The van der Waals surface area contributed by atoms with Crippen molar-refractivity contribution in [2.75, 3.05) is 5.01 Å². The molecule has 2 aromatic heterocycles. The van der Waals surface area contributed by atoms with Crippen LogP contribution in [0.1, 0.15) is 35.6 Å². The molecule has 3 heterocycles. The number of benzene rings is 4. The van der Waals surface area contributed by atoms with E-state index in [1.807, 2.05) is 11.1 Å². The van der Waals surface area contributed by atoms with Crippen LogP contribution in [-0.4, -0.2) is 4.57 Å². The van der Waals surface area contributed by atoms with Gasteiger partial charge in [-0.15, -0.1) is 0 Å². The number of aromatic nitrogens is 1. The van der Waals surface area contributed by atoms with Gasteiger partial charge < -0.3 is 8.98 Å². The standard InChI is InChI=1S/C31H23N3O/c1-18-30-21-12-6-8-14-26(21)34(32)28(30)16-24-23-15-27-22(17-29(23)35-31(18)24)20-11-5-7-13-25(20)33(27)19-9-3-2-4-10-19/h2-18,30H,32H2,1H3. The molecule has 0 spiro atoms. The van der Waals surface area contributed by atoms with E-state index < -0.39 is 0 Å². The number of fused-ring (bicyclic) bond motifs is 9. The monoisotopic (exact) mass is 453 g/mol. The summed E-state index contributed by atoms with van der Waals surface area (Å²) < 4.78 is 8.97. The Morgan fingerprint density at radius 1 is 0.771 bits per heavy atom. The van der Waals surface area contributed by atoms with Crippen LogP contribution in [0.15, 0.2) is 101 Å². The number of allylic oxidation sites excluding steroid dienone is 1.